The van der Waals surface area contributed by atoms with Gasteiger partial charge in [0.2, 0.25) is 0 Å². The van der Waals surface area contributed by atoms with E-state index >= 15 is 0 Å². The molecule has 4 nitrogen and oxygen atoms in total. The number of hydrogen-bond donors (Lipinski definition) is 0. The molecular weight excluding hydrogens is 240 g/mol. The summed E-state index contributed by atoms with van der Waals surface area (Å²) in [6, 6.07) is 7.39. The number of benzene rings is 1. The Morgan fingerprint density at radius 1 is 1.11 bits per heavy atom. The summed E-state index contributed by atoms with van der Waals surface area (Å²) in [5.41, 5.74) is 0.207. The molecule has 0 radical (unpaired) electrons. The largest absolute Gasteiger partial charge is 0.473 e. The zero-order valence-electron chi connectivity index (χ0n) is 9.98. The minimum atomic E-state index is -0.471. The molecule has 92 valence electrons. The maximum Gasteiger partial charge on any atom is 0.265 e. The predicted octanol–water partition coefficient (Wildman–Crippen LogP) is 2.18. The normalized spacial score (nSPS) is 17.9. The van der Waals surface area contributed by atoms with Gasteiger partial charge in [0.05, 0.1) is 28.8 Å². The molecule has 0 saturated heterocycles. The Morgan fingerprint density at radius 2 is 1.89 bits per heavy atom. The molecule has 1 spiro atoms. The average Bonchev–Trinajstić information content (AvgIpc) is 2.79. The van der Waals surface area contributed by atoms with Gasteiger partial charge in [-0.05, 0) is 30.4 Å². The second kappa shape index (κ2) is 3.45. The van der Waals surface area contributed by atoms with E-state index in [1.165, 1.54) is 0 Å². The fourth-order valence-corrected chi connectivity index (χ4v) is 2.53. The quantitative estimate of drug-likeness (QED) is 0.719. The van der Waals surface area contributed by atoms with Crippen molar-refractivity contribution in [1.82, 2.24) is 9.55 Å². The van der Waals surface area contributed by atoms with Gasteiger partial charge in [0, 0.05) is 6.20 Å². The molecule has 19 heavy (non-hydrogen) atoms. The Kier molecular flexibility index (Phi) is 1.87. The van der Waals surface area contributed by atoms with Crippen LogP contribution in [0.2, 0.25) is 0 Å². The van der Waals surface area contributed by atoms with Gasteiger partial charge < -0.3 is 4.74 Å². The average molecular weight is 250 g/mol. The summed E-state index contributed by atoms with van der Waals surface area (Å²) in [6.07, 6.45) is 10.7. The summed E-state index contributed by atoms with van der Waals surface area (Å²) in [5.74, 6) is 0.701. The predicted molar refractivity (Wildman–Crippen MR) is 72.4 cm³/mol. The number of hydrogen-bond acceptors (Lipinski definition) is 3. The lowest BCUT2D eigenvalue weighted by atomic mass is 9.88. The minimum Gasteiger partial charge on any atom is -0.473 e. The van der Waals surface area contributed by atoms with E-state index in [4.69, 9.17) is 4.74 Å². The molecule has 0 aliphatic carbocycles. The van der Waals surface area contributed by atoms with Crippen molar-refractivity contribution in [2.45, 2.75) is 5.41 Å². The fourth-order valence-electron chi connectivity index (χ4n) is 2.53. The van der Waals surface area contributed by atoms with E-state index in [1.54, 1.807) is 29.4 Å². The lowest BCUT2D eigenvalue weighted by molar-refractivity contribution is 0.382. The molecule has 0 atom stereocenters. The smallest absolute Gasteiger partial charge is 0.265 e. The van der Waals surface area contributed by atoms with Crippen molar-refractivity contribution in [1.29, 1.82) is 0 Å². The van der Waals surface area contributed by atoms with Crippen molar-refractivity contribution in [3.8, 4) is 0 Å². The van der Waals surface area contributed by atoms with Crippen LogP contribution in [-0.4, -0.2) is 9.55 Å². The number of fused-ring (bicyclic) bond motifs is 3. The van der Waals surface area contributed by atoms with Gasteiger partial charge in [0.1, 0.15) is 5.82 Å². The van der Waals surface area contributed by atoms with Crippen molar-refractivity contribution in [3.05, 3.63) is 71.2 Å². The summed E-state index contributed by atoms with van der Waals surface area (Å²) in [7, 11) is 0. The fraction of sp³-hybridized carbons (Fsp3) is 0.0667. The number of rotatable bonds is 0. The molecule has 2 aromatic rings. The Morgan fingerprint density at radius 3 is 2.74 bits per heavy atom. The Balaban J connectivity index is 2.10. The molecule has 0 N–H and O–H groups in total. The van der Waals surface area contributed by atoms with E-state index in [0.717, 1.165) is 5.52 Å². The molecule has 0 unspecified atom stereocenters. The van der Waals surface area contributed by atoms with Crippen LogP contribution in [0.4, 0.5) is 0 Å². The van der Waals surface area contributed by atoms with E-state index in [2.05, 4.69) is 4.98 Å². The van der Waals surface area contributed by atoms with Crippen molar-refractivity contribution in [2.75, 3.05) is 0 Å². The lowest BCUT2D eigenvalue weighted by Crippen LogP contribution is -2.27. The molecular formula is C15H10N2O2. The van der Waals surface area contributed by atoms with Gasteiger partial charge in [0.25, 0.3) is 5.56 Å². The molecule has 0 amide bonds. The minimum absolute atomic E-state index is 0.0398. The van der Waals surface area contributed by atoms with Crippen LogP contribution in [0.3, 0.4) is 0 Å². The molecule has 4 heteroatoms. The van der Waals surface area contributed by atoms with E-state index in [-0.39, 0.29) is 5.56 Å². The number of aromatic nitrogens is 2. The molecule has 0 fully saturated rings. The number of nitrogens with zero attached hydrogens (tertiary/aromatic N) is 2. The Labute approximate surface area is 109 Å². The van der Waals surface area contributed by atoms with Crippen molar-refractivity contribution < 1.29 is 4.74 Å². The maximum atomic E-state index is 12.4. The third-order valence-electron chi connectivity index (χ3n) is 3.54. The first-order valence-electron chi connectivity index (χ1n) is 6.02. The van der Waals surface area contributed by atoms with Crippen LogP contribution in [0.5, 0.6) is 0 Å². The summed E-state index contributed by atoms with van der Waals surface area (Å²) < 4.78 is 6.68. The first-order valence-corrected chi connectivity index (χ1v) is 6.02. The van der Waals surface area contributed by atoms with Gasteiger partial charge in [-0.1, -0.05) is 12.1 Å². The van der Waals surface area contributed by atoms with Crippen LogP contribution >= 0.6 is 0 Å². The zero-order chi connectivity index (χ0) is 12.9. The third kappa shape index (κ3) is 1.28. The molecule has 1 aromatic heterocycles. The molecule has 0 bridgehead atoms. The van der Waals surface area contributed by atoms with Crippen LogP contribution in [0.15, 0.2) is 59.8 Å². The molecule has 0 saturated carbocycles. The van der Waals surface area contributed by atoms with Gasteiger partial charge in [-0.3, -0.25) is 9.36 Å². The van der Waals surface area contributed by atoms with Crippen molar-refractivity contribution in [2.24, 2.45) is 0 Å². The van der Waals surface area contributed by atoms with E-state index in [1.807, 2.05) is 36.4 Å². The SMILES string of the molecule is O=c1c2ccccc2nc2n1C=CC21C=COC=C1. The highest BCUT2D eigenvalue weighted by atomic mass is 16.5. The van der Waals surface area contributed by atoms with Gasteiger partial charge >= 0.3 is 0 Å². The second-order valence-electron chi connectivity index (χ2n) is 4.62. The third-order valence-corrected chi connectivity index (χ3v) is 3.54. The standard InChI is InChI=1S/C15H10N2O2/c18-13-11-3-1-2-4-12(11)16-14-15(5-8-17(13)14)6-9-19-10-7-15/h1-10H. The first kappa shape index (κ1) is 10.3. The monoisotopic (exact) mass is 250 g/mol. The Bertz CT molecular complexity index is 816. The summed E-state index contributed by atoms with van der Waals surface area (Å²) in [6.45, 7) is 0. The van der Waals surface area contributed by atoms with Crippen molar-refractivity contribution in [3.63, 3.8) is 0 Å². The number of allylic oxidation sites excluding steroid dienone is 3. The second-order valence-corrected chi connectivity index (χ2v) is 4.62. The zero-order valence-corrected chi connectivity index (χ0v) is 9.98. The highest BCUT2D eigenvalue weighted by Gasteiger charge is 2.35. The molecule has 2 aliphatic heterocycles. The van der Waals surface area contributed by atoms with Gasteiger partial charge in [-0.2, -0.15) is 0 Å². The van der Waals surface area contributed by atoms with E-state index < -0.39 is 5.41 Å². The summed E-state index contributed by atoms with van der Waals surface area (Å²) in [5, 5.41) is 0.632. The van der Waals surface area contributed by atoms with Crippen LogP contribution in [0, 0.1) is 0 Å². The van der Waals surface area contributed by atoms with E-state index in [9.17, 15) is 4.79 Å². The van der Waals surface area contributed by atoms with Crippen LogP contribution in [0.25, 0.3) is 17.1 Å². The number of para-hydroxylation sites is 1. The van der Waals surface area contributed by atoms with Crippen LogP contribution < -0.4 is 5.56 Å². The van der Waals surface area contributed by atoms with Gasteiger partial charge in [-0.15, -0.1) is 0 Å². The van der Waals surface area contributed by atoms with Crippen LogP contribution in [-0.2, 0) is 10.2 Å². The highest BCUT2D eigenvalue weighted by molar-refractivity contribution is 5.78. The van der Waals surface area contributed by atoms with E-state index in [0.29, 0.717) is 11.2 Å². The molecule has 3 heterocycles. The maximum absolute atomic E-state index is 12.4. The Hall–Kier alpha value is -2.62. The number of ether oxygens (including phenoxy) is 1. The lowest BCUT2D eigenvalue weighted by Gasteiger charge is -2.21. The van der Waals surface area contributed by atoms with Gasteiger partial charge in [-0.25, -0.2) is 4.98 Å². The molecule has 2 aliphatic rings. The molecule has 1 aromatic carbocycles. The summed E-state index contributed by atoms with van der Waals surface area (Å²) in [4.78, 5) is 17.1. The van der Waals surface area contributed by atoms with Crippen molar-refractivity contribution >= 4 is 17.1 Å². The molecule has 4 rings (SSSR count). The van der Waals surface area contributed by atoms with Crippen LogP contribution in [0.1, 0.15) is 5.82 Å². The van der Waals surface area contributed by atoms with Gasteiger partial charge in [0.15, 0.2) is 0 Å². The first-order chi connectivity index (χ1) is 9.30. The highest BCUT2D eigenvalue weighted by Crippen LogP contribution is 2.34. The summed E-state index contributed by atoms with van der Waals surface area (Å²) >= 11 is 0. The topological polar surface area (TPSA) is 44.1 Å².